The van der Waals surface area contributed by atoms with Gasteiger partial charge in [-0.1, -0.05) is 6.08 Å². The van der Waals surface area contributed by atoms with Gasteiger partial charge >= 0.3 is 6.09 Å². The van der Waals surface area contributed by atoms with Gasteiger partial charge in [-0.25, -0.2) is 4.79 Å². The zero-order chi connectivity index (χ0) is 13.8. The molecule has 0 spiro atoms. The molecule has 0 saturated heterocycles. The number of aliphatic hydroxyl groups is 2. The molecule has 104 valence electrons. The third kappa shape index (κ3) is 4.66. The van der Waals surface area contributed by atoms with Gasteiger partial charge in [-0.3, -0.25) is 0 Å². The number of allylic oxidation sites excluding steroid dienone is 1. The van der Waals surface area contributed by atoms with Crippen molar-refractivity contribution in [3.05, 3.63) is 11.6 Å². The Morgan fingerprint density at radius 2 is 2.22 bits per heavy atom. The highest BCUT2D eigenvalue weighted by atomic mass is 16.6. The number of nitrogens with one attached hydrogen (secondary N) is 1. The minimum absolute atomic E-state index is 0.322. The molecule has 2 atom stereocenters. The molecule has 1 rings (SSSR count). The van der Waals surface area contributed by atoms with Crippen LogP contribution < -0.4 is 5.32 Å². The summed E-state index contributed by atoms with van der Waals surface area (Å²) in [6, 6.07) is -0.718. The summed E-state index contributed by atoms with van der Waals surface area (Å²) < 4.78 is 5.09. The lowest BCUT2D eigenvalue weighted by molar-refractivity contribution is 0.0394. The monoisotopic (exact) mass is 257 g/mol. The van der Waals surface area contributed by atoms with Crippen LogP contribution in [0.3, 0.4) is 0 Å². The lowest BCUT2D eigenvalue weighted by atomic mass is 10.0. The van der Waals surface area contributed by atoms with E-state index >= 15 is 0 Å². The van der Waals surface area contributed by atoms with E-state index in [1.807, 2.05) is 6.08 Å². The average Bonchev–Trinajstić information content (AvgIpc) is 2.75. The van der Waals surface area contributed by atoms with Gasteiger partial charge in [0.25, 0.3) is 0 Å². The van der Waals surface area contributed by atoms with Crippen LogP contribution >= 0.6 is 0 Å². The molecule has 0 aromatic carbocycles. The van der Waals surface area contributed by atoms with Crippen molar-refractivity contribution >= 4 is 6.09 Å². The number of aliphatic hydroxyl groups excluding tert-OH is 2. The van der Waals surface area contributed by atoms with Gasteiger partial charge in [0.2, 0.25) is 0 Å². The molecule has 0 bridgehead atoms. The molecule has 1 aliphatic carbocycles. The first-order valence-corrected chi connectivity index (χ1v) is 6.31. The van der Waals surface area contributed by atoms with Crippen LogP contribution in [0.2, 0.25) is 0 Å². The van der Waals surface area contributed by atoms with E-state index in [9.17, 15) is 15.0 Å². The standard InChI is InChI=1S/C13H23NO4/c1-13(2,3)18-12(17)14-10(8-15)11(16)9-6-4-5-7-9/h6,10-11,15-16H,4-5,7-8H2,1-3H3,(H,14,17)/t10-,11+/m0/s1. The van der Waals surface area contributed by atoms with Gasteiger partial charge < -0.3 is 20.3 Å². The molecule has 3 N–H and O–H groups in total. The molecule has 5 nitrogen and oxygen atoms in total. The third-order valence-corrected chi connectivity index (χ3v) is 2.74. The number of hydrogen-bond acceptors (Lipinski definition) is 4. The van der Waals surface area contributed by atoms with Crippen molar-refractivity contribution < 1.29 is 19.7 Å². The first-order valence-electron chi connectivity index (χ1n) is 6.31. The van der Waals surface area contributed by atoms with Crippen molar-refractivity contribution in [3.63, 3.8) is 0 Å². The molecule has 5 heteroatoms. The molecule has 1 amide bonds. The van der Waals surface area contributed by atoms with Crippen LogP contribution in [0.5, 0.6) is 0 Å². The molecule has 18 heavy (non-hydrogen) atoms. The second kappa shape index (κ2) is 6.20. The van der Waals surface area contributed by atoms with Crippen LogP contribution in [0.15, 0.2) is 11.6 Å². The largest absolute Gasteiger partial charge is 0.444 e. The Balaban J connectivity index is 2.53. The Hall–Kier alpha value is -1.07. The van der Waals surface area contributed by atoms with Crippen LogP contribution in [0.1, 0.15) is 40.0 Å². The molecular formula is C13H23NO4. The molecule has 0 saturated carbocycles. The normalized spacial score (nSPS) is 19.1. The number of amides is 1. The van der Waals surface area contributed by atoms with Crippen molar-refractivity contribution in [2.45, 2.75) is 57.8 Å². The fourth-order valence-corrected chi connectivity index (χ4v) is 1.91. The molecule has 1 aliphatic rings. The van der Waals surface area contributed by atoms with E-state index in [1.54, 1.807) is 20.8 Å². The number of rotatable bonds is 4. The summed E-state index contributed by atoms with van der Waals surface area (Å²) in [5, 5.41) is 21.8. The van der Waals surface area contributed by atoms with Crippen LogP contribution in [-0.2, 0) is 4.74 Å². The fraction of sp³-hybridized carbons (Fsp3) is 0.769. The Labute approximate surface area is 108 Å². The number of carbonyl (C=O) groups is 1. The molecule has 0 aliphatic heterocycles. The molecular weight excluding hydrogens is 234 g/mol. The molecule has 0 radical (unpaired) electrons. The molecule has 0 aromatic rings. The Morgan fingerprint density at radius 3 is 2.67 bits per heavy atom. The van der Waals surface area contributed by atoms with Crippen LogP contribution in [0.4, 0.5) is 4.79 Å². The zero-order valence-corrected chi connectivity index (χ0v) is 11.3. The number of alkyl carbamates (subject to hydrolysis) is 1. The molecule has 0 fully saturated rings. The first-order chi connectivity index (χ1) is 8.33. The smallest absolute Gasteiger partial charge is 0.408 e. The van der Waals surface area contributed by atoms with E-state index in [-0.39, 0.29) is 6.61 Å². The lowest BCUT2D eigenvalue weighted by Crippen LogP contribution is -2.48. The highest BCUT2D eigenvalue weighted by Crippen LogP contribution is 2.22. The topological polar surface area (TPSA) is 78.8 Å². The maximum absolute atomic E-state index is 11.6. The number of hydrogen-bond donors (Lipinski definition) is 3. The van der Waals surface area contributed by atoms with E-state index in [1.165, 1.54) is 0 Å². The van der Waals surface area contributed by atoms with Gasteiger partial charge in [0, 0.05) is 0 Å². The van der Waals surface area contributed by atoms with Crippen molar-refractivity contribution in [3.8, 4) is 0 Å². The van der Waals surface area contributed by atoms with Crippen LogP contribution in [-0.4, -0.2) is 40.7 Å². The molecule has 0 aromatic heterocycles. The second-order valence-corrected chi connectivity index (χ2v) is 5.55. The molecule has 0 heterocycles. The SMILES string of the molecule is CC(C)(C)OC(=O)N[C@@H](CO)[C@H](O)C1=CCCC1. The van der Waals surface area contributed by atoms with Gasteiger partial charge in [-0.15, -0.1) is 0 Å². The van der Waals surface area contributed by atoms with Crippen LogP contribution in [0, 0.1) is 0 Å². The fourth-order valence-electron chi connectivity index (χ4n) is 1.91. The summed E-state index contributed by atoms with van der Waals surface area (Å²) in [5.41, 5.74) is 0.284. The predicted octanol–water partition coefficient (Wildman–Crippen LogP) is 1.34. The van der Waals surface area contributed by atoms with E-state index in [2.05, 4.69) is 5.32 Å². The second-order valence-electron chi connectivity index (χ2n) is 5.55. The number of ether oxygens (including phenoxy) is 1. The zero-order valence-electron chi connectivity index (χ0n) is 11.3. The third-order valence-electron chi connectivity index (χ3n) is 2.74. The van der Waals surface area contributed by atoms with E-state index in [0.29, 0.717) is 0 Å². The van der Waals surface area contributed by atoms with E-state index in [0.717, 1.165) is 24.8 Å². The summed E-state index contributed by atoms with van der Waals surface area (Å²) in [6.07, 6.45) is 3.26. The van der Waals surface area contributed by atoms with Crippen molar-refractivity contribution in [1.29, 1.82) is 0 Å². The van der Waals surface area contributed by atoms with Gasteiger partial charge in [-0.2, -0.15) is 0 Å². The van der Waals surface area contributed by atoms with Crippen molar-refractivity contribution in [1.82, 2.24) is 5.32 Å². The summed E-state index contributed by atoms with van der Waals surface area (Å²) in [6.45, 7) is 4.96. The Bertz CT molecular complexity index is 319. The summed E-state index contributed by atoms with van der Waals surface area (Å²) in [5.74, 6) is 0. The molecule has 0 unspecified atom stereocenters. The highest BCUT2D eigenvalue weighted by Gasteiger charge is 2.27. The van der Waals surface area contributed by atoms with Gasteiger partial charge in [0.15, 0.2) is 0 Å². The maximum Gasteiger partial charge on any atom is 0.408 e. The Morgan fingerprint density at radius 1 is 1.56 bits per heavy atom. The van der Waals surface area contributed by atoms with Gasteiger partial charge in [0.05, 0.1) is 18.8 Å². The first kappa shape index (κ1) is 15.0. The summed E-state index contributed by atoms with van der Waals surface area (Å²) in [4.78, 5) is 11.6. The highest BCUT2D eigenvalue weighted by molar-refractivity contribution is 5.68. The van der Waals surface area contributed by atoms with Gasteiger partial charge in [-0.05, 0) is 45.6 Å². The average molecular weight is 257 g/mol. The maximum atomic E-state index is 11.6. The van der Waals surface area contributed by atoms with Crippen molar-refractivity contribution in [2.24, 2.45) is 0 Å². The minimum Gasteiger partial charge on any atom is -0.444 e. The quantitative estimate of drug-likeness (QED) is 0.664. The summed E-state index contributed by atoms with van der Waals surface area (Å²) in [7, 11) is 0. The minimum atomic E-state index is -0.843. The lowest BCUT2D eigenvalue weighted by Gasteiger charge is -2.26. The predicted molar refractivity (Wildman–Crippen MR) is 68.2 cm³/mol. The Kier molecular flexibility index (Phi) is 5.16. The summed E-state index contributed by atoms with van der Waals surface area (Å²) >= 11 is 0. The van der Waals surface area contributed by atoms with Crippen molar-refractivity contribution in [2.75, 3.05) is 6.61 Å². The van der Waals surface area contributed by atoms with Crippen LogP contribution in [0.25, 0.3) is 0 Å². The number of carbonyl (C=O) groups excluding carboxylic acids is 1. The van der Waals surface area contributed by atoms with Gasteiger partial charge in [0.1, 0.15) is 5.60 Å². The van der Waals surface area contributed by atoms with E-state index < -0.39 is 23.8 Å². The van der Waals surface area contributed by atoms with E-state index in [4.69, 9.17) is 4.74 Å².